The van der Waals surface area contributed by atoms with Crippen molar-refractivity contribution in [3.63, 3.8) is 0 Å². The summed E-state index contributed by atoms with van der Waals surface area (Å²) in [4.78, 5) is 1.92. The van der Waals surface area contributed by atoms with Crippen LogP contribution in [0.15, 0.2) is 24.3 Å². The lowest BCUT2D eigenvalue weighted by Gasteiger charge is -2.14. The van der Waals surface area contributed by atoms with Crippen LogP contribution in [-0.4, -0.2) is 27.8 Å². The van der Waals surface area contributed by atoms with E-state index < -0.39 is 15.3 Å². The minimum Gasteiger partial charge on any atom is -0.378 e. The van der Waals surface area contributed by atoms with Gasteiger partial charge in [-0.2, -0.15) is 5.26 Å². The number of nitrogens with one attached hydrogen (secondary N) is 1. The minimum atomic E-state index is -3.63. The fourth-order valence-corrected chi connectivity index (χ4v) is 2.63. The van der Waals surface area contributed by atoms with Crippen molar-refractivity contribution in [1.29, 1.82) is 5.26 Å². The molecule has 0 radical (unpaired) electrons. The van der Waals surface area contributed by atoms with E-state index >= 15 is 0 Å². The molecule has 1 unspecified atom stereocenters. The van der Waals surface area contributed by atoms with Crippen LogP contribution in [0, 0.1) is 11.3 Å². The van der Waals surface area contributed by atoms with Gasteiger partial charge in [0.05, 0.1) is 6.07 Å². The monoisotopic (exact) mass is 267 g/mol. The number of benzene rings is 1. The molecule has 1 aromatic rings. The molecule has 98 valence electrons. The van der Waals surface area contributed by atoms with Crippen molar-refractivity contribution in [2.24, 2.45) is 0 Å². The highest BCUT2D eigenvalue weighted by molar-refractivity contribution is 7.93. The quantitative estimate of drug-likeness (QED) is 0.882. The third-order valence-corrected chi connectivity index (χ3v) is 4.24. The number of anilines is 2. The summed E-state index contributed by atoms with van der Waals surface area (Å²) in [6.07, 6.45) is 0.265. The number of nitriles is 1. The van der Waals surface area contributed by atoms with Crippen molar-refractivity contribution < 1.29 is 8.42 Å². The number of hydrogen-bond acceptors (Lipinski definition) is 4. The number of hydrogen-bond donors (Lipinski definition) is 1. The van der Waals surface area contributed by atoms with Crippen molar-refractivity contribution >= 4 is 21.4 Å². The van der Waals surface area contributed by atoms with Gasteiger partial charge in [0.25, 0.3) is 0 Å². The Balaban J connectivity index is 2.89. The average Bonchev–Trinajstić information content (AvgIpc) is 2.30. The van der Waals surface area contributed by atoms with Gasteiger partial charge in [-0.05, 0) is 30.7 Å². The first-order valence-electron chi connectivity index (χ1n) is 5.59. The Bertz CT molecular complexity index is 529. The predicted octanol–water partition coefficient (Wildman–Crippen LogP) is 1.80. The fourth-order valence-electron chi connectivity index (χ4n) is 1.44. The van der Waals surface area contributed by atoms with E-state index in [1.54, 1.807) is 25.1 Å². The van der Waals surface area contributed by atoms with Crippen molar-refractivity contribution in [3.05, 3.63) is 24.3 Å². The first-order valence-corrected chi connectivity index (χ1v) is 7.14. The van der Waals surface area contributed by atoms with Crippen molar-refractivity contribution in [3.8, 4) is 6.07 Å². The fraction of sp³-hybridized carbons (Fsp3) is 0.417. The molecule has 0 aliphatic carbocycles. The van der Waals surface area contributed by atoms with Gasteiger partial charge in [-0.3, -0.25) is 4.72 Å². The van der Waals surface area contributed by atoms with E-state index in [4.69, 9.17) is 5.26 Å². The molecule has 0 saturated carbocycles. The molecule has 0 heterocycles. The number of nitrogens with zero attached hydrogens (tertiary/aromatic N) is 2. The molecule has 6 heteroatoms. The van der Waals surface area contributed by atoms with E-state index in [0.29, 0.717) is 5.69 Å². The highest BCUT2D eigenvalue weighted by atomic mass is 32.2. The zero-order valence-corrected chi connectivity index (χ0v) is 11.5. The van der Waals surface area contributed by atoms with Crippen LogP contribution in [-0.2, 0) is 10.0 Å². The van der Waals surface area contributed by atoms with Crippen LogP contribution in [0.25, 0.3) is 0 Å². The second-order valence-electron chi connectivity index (χ2n) is 4.11. The molecule has 0 aromatic heterocycles. The van der Waals surface area contributed by atoms with Gasteiger partial charge >= 0.3 is 0 Å². The molecular formula is C12H17N3O2S. The van der Waals surface area contributed by atoms with Crippen LogP contribution in [0.1, 0.15) is 13.3 Å². The van der Waals surface area contributed by atoms with E-state index in [-0.39, 0.29) is 6.42 Å². The first-order chi connectivity index (χ1) is 8.40. The van der Waals surface area contributed by atoms with Gasteiger partial charge in [-0.1, -0.05) is 6.92 Å². The molecule has 18 heavy (non-hydrogen) atoms. The molecule has 0 saturated heterocycles. The summed E-state index contributed by atoms with van der Waals surface area (Å²) >= 11 is 0. The molecule has 0 spiro atoms. The van der Waals surface area contributed by atoms with Gasteiger partial charge < -0.3 is 4.90 Å². The van der Waals surface area contributed by atoms with Crippen molar-refractivity contribution in [2.75, 3.05) is 23.7 Å². The lowest BCUT2D eigenvalue weighted by atomic mass is 10.3. The van der Waals surface area contributed by atoms with Gasteiger partial charge in [0, 0.05) is 25.5 Å². The summed E-state index contributed by atoms with van der Waals surface area (Å²) in [7, 11) is 0.176. The molecule has 0 bridgehead atoms. The third kappa shape index (κ3) is 3.37. The number of rotatable bonds is 5. The molecule has 1 atom stereocenters. The van der Waals surface area contributed by atoms with E-state index in [0.717, 1.165) is 5.69 Å². The summed E-state index contributed by atoms with van der Waals surface area (Å²) in [5.41, 5.74) is 1.44. The van der Waals surface area contributed by atoms with Crippen LogP contribution in [0.3, 0.4) is 0 Å². The van der Waals surface area contributed by atoms with Crippen LogP contribution in [0.2, 0.25) is 0 Å². The van der Waals surface area contributed by atoms with Crippen molar-refractivity contribution in [1.82, 2.24) is 0 Å². The van der Waals surface area contributed by atoms with Crippen molar-refractivity contribution in [2.45, 2.75) is 18.6 Å². The summed E-state index contributed by atoms with van der Waals surface area (Å²) in [5, 5.41) is 7.76. The van der Waals surface area contributed by atoms with Crippen LogP contribution in [0.5, 0.6) is 0 Å². The van der Waals surface area contributed by atoms with E-state index in [2.05, 4.69) is 4.72 Å². The topological polar surface area (TPSA) is 73.2 Å². The summed E-state index contributed by atoms with van der Waals surface area (Å²) in [5.74, 6) is 0. The maximum Gasteiger partial charge on any atom is 0.249 e. The third-order valence-electron chi connectivity index (χ3n) is 2.53. The summed E-state index contributed by atoms with van der Waals surface area (Å²) in [6.45, 7) is 1.67. The molecule has 5 nitrogen and oxygen atoms in total. The maximum atomic E-state index is 11.8. The molecule has 1 N–H and O–H groups in total. The minimum absolute atomic E-state index is 0.265. The standard InChI is InChI=1S/C12H17N3O2S/c1-4-12(9-13)18(16,17)14-10-5-7-11(8-6-10)15(2)3/h5-8,12,14H,4H2,1-3H3. The summed E-state index contributed by atoms with van der Waals surface area (Å²) < 4.78 is 26.1. The Kier molecular flexibility index (Phi) is 4.56. The highest BCUT2D eigenvalue weighted by Crippen LogP contribution is 2.18. The normalized spacial score (nSPS) is 12.6. The Morgan fingerprint density at radius 3 is 2.28 bits per heavy atom. The molecule has 0 aliphatic rings. The zero-order chi connectivity index (χ0) is 13.8. The molecule has 0 aliphatic heterocycles. The lowest BCUT2D eigenvalue weighted by Crippen LogP contribution is -2.25. The Morgan fingerprint density at radius 1 is 1.33 bits per heavy atom. The van der Waals surface area contributed by atoms with Gasteiger partial charge in [-0.15, -0.1) is 0 Å². The Labute approximate surface area is 108 Å². The molecule has 0 amide bonds. The Morgan fingerprint density at radius 2 is 1.89 bits per heavy atom. The average molecular weight is 267 g/mol. The molecule has 1 aromatic carbocycles. The highest BCUT2D eigenvalue weighted by Gasteiger charge is 2.23. The van der Waals surface area contributed by atoms with Crippen LogP contribution in [0.4, 0.5) is 11.4 Å². The van der Waals surface area contributed by atoms with Gasteiger partial charge in [-0.25, -0.2) is 8.42 Å². The Hall–Kier alpha value is -1.74. The van der Waals surface area contributed by atoms with E-state index in [1.165, 1.54) is 0 Å². The lowest BCUT2D eigenvalue weighted by molar-refractivity contribution is 0.593. The SMILES string of the molecule is CCC(C#N)S(=O)(=O)Nc1ccc(N(C)C)cc1. The van der Waals surface area contributed by atoms with Gasteiger partial charge in [0.2, 0.25) is 10.0 Å². The smallest absolute Gasteiger partial charge is 0.249 e. The second kappa shape index (κ2) is 5.74. The second-order valence-corrected chi connectivity index (χ2v) is 5.98. The molecule has 1 rings (SSSR count). The van der Waals surface area contributed by atoms with Gasteiger partial charge in [0.1, 0.15) is 0 Å². The predicted molar refractivity (Wildman–Crippen MR) is 73.0 cm³/mol. The van der Waals surface area contributed by atoms with Crippen LogP contribution >= 0.6 is 0 Å². The molecule has 0 fully saturated rings. The molecular weight excluding hydrogens is 250 g/mol. The van der Waals surface area contributed by atoms with E-state index in [1.807, 2.05) is 31.1 Å². The number of sulfonamides is 1. The summed E-state index contributed by atoms with van der Waals surface area (Å²) in [6, 6.07) is 8.76. The largest absolute Gasteiger partial charge is 0.378 e. The van der Waals surface area contributed by atoms with Crippen LogP contribution < -0.4 is 9.62 Å². The first kappa shape index (κ1) is 14.3. The van der Waals surface area contributed by atoms with Gasteiger partial charge in [0.15, 0.2) is 5.25 Å². The van der Waals surface area contributed by atoms with E-state index in [9.17, 15) is 8.42 Å². The maximum absolute atomic E-state index is 11.8. The zero-order valence-electron chi connectivity index (χ0n) is 10.7.